The molecule has 0 radical (unpaired) electrons. The van der Waals surface area contributed by atoms with Gasteiger partial charge >= 0.3 is 0 Å². The summed E-state index contributed by atoms with van der Waals surface area (Å²) in [6.45, 7) is 0. The Bertz CT molecular complexity index is 738. The summed E-state index contributed by atoms with van der Waals surface area (Å²) in [5, 5.41) is 2.97. The van der Waals surface area contributed by atoms with Crippen LogP contribution in [0.2, 0.25) is 0 Å². The lowest BCUT2D eigenvalue weighted by Gasteiger charge is -2.02. The van der Waals surface area contributed by atoms with Gasteiger partial charge in [-0.05, 0) is 48.5 Å². The van der Waals surface area contributed by atoms with Gasteiger partial charge < -0.3 is 4.74 Å². The first-order valence-corrected chi connectivity index (χ1v) is 8.58. The van der Waals surface area contributed by atoms with Gasteiger partial charge in [0.2, 0.25) is 0 Å². The number of hydrogen-bond donors (Lipinski definition) is 0. The largest absolute Gasteiger partial charge is 0.497 e. The van der Waals surface area contributed by atoms with E-state index in [-0.39, 0.29) is 5.82 Å². The Morgan fingerprint density at radius 2 is 1.82 bits per heavy atom. The molecule has 0 fully saturated rings. The number of methoxy groups -OCH3 is 1. The Hall–Kier alpha value is -1.85. The maximum atomic E-state index is 12.9. The number of aromatic nitrogens is 1. The summed E-state index contributed by atoms with van der Waals surface area (Å²) in [7, 11) is 1.66. The fraction of sp³-hybridized carbons (Fsp3) is 0.118. The third kappa shape index (κ3) is 3.67. The number of hydrogen-bond acceptors (Lipinski definition) is 4. The molecule has 2 aromatic carbocycles. The predicted molar refractivity (Wildman–Crippen MR) is 90.1 cm³/mol. The normalized spacial score (nSPS) is 10.6. The molecular weight excluding hydrogens is 317 g/mol. The van der Waals surface area contributed by atoms with Crippen LogP contribution in [0.1, 0.15) is 5.69 Å². The van der Waals surface area contributed by atoms with Crippen LogP contribution >= 0.6 is 23.1 Å². The van der Waals surface area contributed by atoms with Crippen molar-refractivity contribution in [3.63, 3.8) is 0 Å². The second-order valence-corrected chi connectivity index (χ2v) is 6.52. The molecule has 5 heteroatoms. The molecule has 0 aliphatic carbocycles. The highest BCUT2D eigenvalue weighted by Gasteiger charge is 2.06. The van der Waals surface area contributed by atoms with Crippen LogP contribution < -0.4 is 4.74 Å². The number of thiazole rings is 1. The van der Waals surface area contributed by atoms with Crippen LogP contribution in [0.5, 0.6) is 5.75 Å². The first kappa shape index (κ1) is 15.1. The maximum absolute atomic E-state index is 12.9. The van der Waals surface area contributed by atoms with E-state index in [1.807, 2.05) is 24.3 Å². The van der Waals surface area contributed by atoms with Gasteiger partial charge in [-0.25, -0.2) is 9.37 Å². The van der Waals surface area contributed by atoms with Crippen molar-refractivity contribution in [2.24, 2.45) is 0 Å². The molecule has 0 saturated carbocycles. The van der Waals surface area contributed by atoms with Crippen molar-refractivity contribution in [3.05, 3.63) is 65.4 Å². The van der Waals surface area contributed by atoms with Crippen LogP contribution in [0.15, 0.2) is 58.8 Å². The van der Waals surface area contributed by atoms with Crippen LogP contribution in [0.25, 0.3) is 10.6 Å². The van der Waals surface area contributed by atoms with Crippen LogP contribution in [-0.2, 0) is 5.75 Å². The molecule has 0 atom stereocenters. The number of halogens is 1. The first-order chi connectivity index (χ1) is 10.7. The van der Waals surface area contributed by atoms with Crippen molar-refractivity contribution < 1.29 is 9.13 Å². The van der Waals surface area contributed by atoms with Crippen molar-refractivity contribution in [2.75, 3.05) is 7.11 Å². The van der Waals surface area contributed by atoms with Crippen molar-refractivity contribution in [1.82, 2.24) is 4.98 Å². The number of thioether (sulfide) groups is 1. The summed E-state index contributed by atoms with van der Waals surface area (Å²) in [5.74, 6) is 1.44. The molecule has 0 spiro atoms. The molecule has 3 rings (SSSR count). The van der Waals surface area contributed by atoms with E-state index < -0.39 is 0 Å². The Kier molecular flexibility index (Phi) is 4.75. The minimum Gasteiger partial charge on any atom is -0.497 e. The SMILES string of the molecule is COc1ccc(SCc2csc(-c3ccc(F)cc3)n2)cc1. The van der Waals surface area contributed by atoms with E-state index in [9.17, 15) is 4.39 Å². The molecular formula is C17H14FNOS2. The lowest BCUT2D eigenvalue weighted by molar-refractivity contribution is 0.414. The molecule has 0 amide bonds. The molecule has 0 bridgehead atoms. The first-order valence-electron chi connectivity index (χ1n) is 6.72. The van der Waals surface area contributed by atoms with Crippen LogP contribution in [0.3, 0.4) is 0 Å². The number of nitrogens with zero attached hydrogens (tertiary/aromatic N) is 1. The molecule has 22 heavy (non-hydrogen) atoms. The number of benzene rings is 2. The van der Waals surface area contributed by atoms with Crippen LogP contribution in [0, 0.1) is 5.82 Å². The standard InChI is InChI=1S/C17H14FNOS2/c1-20-15-6-8-16(9-7-15)21-10-14-11-22-17(19-14)12-2-4-13(18)5-3-12/h2-9,11H,10H2,1H3. The van der Waals surface area contributed by atoms with Gasteiger partial charge in [-0.2, -0.15) is 0 Å². The summed E-state index contributed by atoms with van der Waals surface area (Å²) in [6, 6.07) is 14.4. The molecule has 1 heterocycles. The molecule has 3 aromatic rings. The zero-order chi connectivity index (χ0) is 15.4. The third-order valence-electron chi connectivity index (χ3n) is 3.09. The maximum Gasteiger partial charge on any atom is 0.123 e. The Labute approximate surface area is 137 Å². The minimum atomic E-state index is -0.226. The molecule has 112 valence electrons. The van der Waals surface area contributed by atoms with Gasteiger partial charge in [-0.1, -0.05) is 0 Å². The van der Waals surface area contributed by atoms with Gasteiger partial charge in [0, 0.05) is 21.6 Å². The zero-order valence-electron chi connectivity index (χ0n) is 12.0. The fourth-order valence-electron chi connectivity index (χ4n) is 1.93. The second kappa shape index (κ2) is 6.94. The van der Waals surface area contributed by atoms with Gasteiger partial charge in [-0.3, -0.25) is 0 Å². The Morgan fingerprint density at radius 3 is 2.50 bits per heavy atom. The highest BCUT2D eigenvalue weighted by atomic mass is 32.2. The summed E-state index contributed by atoms with van der Waals surface area (Å²) in [4.78, 5) is 5.79. The van der Waals surface area contributed by atoms with Gasteiger partial charge in [0.1, 0.15) is 16.6 Å². The van der Waals surface area contributed by atoms with Crippen molar-refractivity contribution in [3.8, 4) is 16.3 Å². The Morgan fingerprint density at radius 1 is 1.09 bits per heavy atom. The summed E-state index contributed by atoms with van der Waals surface area (Å²) in [5.41, 5.74) is 1.98. The molecule has 2 nitrogen and oxygen atoms in total. The van der Waals surface area contributed by atoms with E-state index in [0.29, 0.717) is 0 Å². The average molecular weight is 331 g/mol. The summed E-state index contributed by atoms with van der Waals surface area (Å²) < 4.78 is 18.1. The van der Waals surface area contributed by atoms with Gasteiger partial charge in [0.05, 0.1) is 12.8 Å². The quantitative estimate of drug-likeness (QED) is 0.596. The number of rotatable bonds is 5. The Balaban J connectivity index is 1.65. The molecule has 0 aliphatic rings. The van der Waals surface area contributed by atoms with E-state index in [4.69, 9.17) is 4.74 Å². The topological polar surface area (TPSA) is 22.1 Å². The van der Waals surface area contributed by atoms with Gasteiger partial charge in [0.15, 0.2) is 0 Å². The van der Waals surface area contributed by atoms with E-state index in [1.165, 1.54) is 17.0 Å². The van der Waals surface area contributed by atoms with E-state index in [0.717, 1.165) is 27.8 Å². The monoisotopic (exact) mass is 331 g/mol. The molecule has 0 unspecified atom stereocenters. The highest BCUT2D eigenvalue weighted by Crippen LogP contribution is 2.28. The second-order valence-electron chi connectivity index (χ2n) is 4.62. The summed E-state index contributed by atoms with van der Waals surface area (Å²) in [6.07, 6.45) is 0. The van der Waals surface area contributed by atoms with Crippen molar-refractivity contribution in [2.45, 2.75) is 10.6 Å². The lowest BCUT2D eigenvalue weighted by Crippen LogP contribution is -1.84. The molecule has 0 N–H and O–H groups in total. The molecule has 0 aliphatic heterocycles. The smallest absolute Gasteiger partial charge is 0.123 e. The van der Waals surface area contributed by atoms with E-state index >= 15 is 0 Å². The lowest BCUT2D eigenvalue weighted by atomic mass is 10.2. The fourth-order valence-corrected chi connectivity index (χ4v) is 3.65. The molecule has 1 aromatic heterocycles. The van der Waals surface area contributed by atoms with Crippen molar-refractivity contribution >= 4 is 23.1 Å². The average Bonchev–Trinajstić information content (AvgIpc) is 3.03. The molecule has 0 saturated heterocycles. The number of ether oxygens (including phenoxy) is 1. The highest BCUT2D eigenvalue weighted by molar-refractivity contribution is 7.98. The predicted octanol–water partition coefficient (Wildman–Crippen LogP) is 5.25. The zero-order valence-corrected chi connectivity index (χ0v) is 13.6. The van der Waals surface area contributed by atoms with E-state index in [1.54, 1.807) is 42.3 Å². The minimum absolute atomic E-state index is 0.226. The van der Waals surface area contributed by atoms with E-state index in [2.05, 4.69) is 10.4 Å². The van der Waals surface area contributed by atoms with Gasteiger partial charge in [-0.15, -0.1) is 23.1 Å². The van der Waals surface area contributed by atoms with Crippen LogP contribution in [0.4, 0.5) is 4.39 Å². The third-order valence-corrected chi connectivity index (χ3v) is 5.07. The van der Waals surface area contributed by atoms with Crippen molar-refractivity contribution in [1.29, 1.82) is 0 Å². The van der Waals surface area contributed by atoms with Gasteiger partial charge in [0.25, 0.3) is 0 Å². The van der Waals surface area contributed by atoms with Crippen LogP contribution in [-0.4, -0.2) is 12.1 Å². The summed E-state index contributed by atoms with van der Waals surface area (Å²) >= 11 is 3.32.